The molecular formula is C24H32O4. The van der Waals surface area contributed by atoms with Crippen LogP contribution in [0.15, 0.2) is 48.6 Å². The van der Waals surface area contributed by atoms with Crippen LogP contribution in [0.2, 0.25) is 0 Å². The Balaban J connectivity index is 1.79. The monoisotopic (exact) mass is 384 g/mol. The van der Waals surface area contributed by atoms with Gasteiger partial charge in [-0.05, 0) is 23.6 Å². The third-order valence-corrected chi connectivity index (χ3v) is 5.16. The zero-order valence-electron chi connectivity index (χ0n) is 16.9. The zero-order chi connectivity index (χ0) is 20.2. The Kier molecular flexibility index (Phi) is 8.99. The van der Waals surface area contributed by atoms with E-state index in [4.69, 9.17) is 4.74 Å². The molecular weight excluding hydrogens is 352 g/mol. The Morgan fingerprint density at radius 2 is 1.64 bits per heavy atom. The van der Waals surface area contributed by atoms with Crippen LogP contribution in [0.25, 0.3) is 5.57 Å². The number of carbonyl (C=O) groups is 2. The molecule has 1 aliphatic rings. The zero-order valence-corrected chi connectivity index (χ0v) is 16.9. The Bertz CT molecular complexity index is 690. The van der Waals surface area contributed by atoms with E-state index in [1.807, 2.05) is 36.4 Å². The molecule has 0 bridgehead atoms. The third-order valence-electron chi connectivity index (χ3n) is 5.16. The van der Waals surface area contributed by atoms with E-state index in [1.165, 1.54) is 38.2 Å². The molecule has 0 spiro atoms. The number of carbonyl (C=O) groups excluding carboxylic acids is 1. The minimum Gasteiger partial charge on any atom is -0.478 e. The van der Waals surface area contributed by atoms with Crippen molar-refractivity contribution in [3.8, 4) is 0 Å². The van der Waals surface area contributed by atoms with E-state index >= 15 is 0 Å². The number of hydrogen-bond acceptors (Lipinski definition) is 3. The molecule has 152 valence electrons. The summed E-state index contributed by atoms with van der Waals surface area (Å²) in [5.74, 6) is -1.56. The summed E-state index contributed by atoms with van der Waals surface area (Å²) in [6, 6.07) is 9.75. The van der Waals surface area contributed by atoms with Crippen LogP contribution < -0.4 is 0 Å². The fraction of sp³-hybridized carbons (Fsp3) is 0.500. The first-order chi connectivity index (χ1) is 13.6. The fourth-order valence-electron chi connectivity index (χ4n) is 3.40. The summed E-state index contributed by atoms with van der Waals surface area (Å²) in [6.07, 6.45) is 14.6. The predicted molar refractivity (Wildman–Crippen MR) is 112 cm³/mol. The number of aliphatic carboxylic acids is 1. The summed E-state index contributed by atoms with van der Waals surface area (Å²) in [6.45, 7) is 2.20. The topological polar surface area (TPSA) is 63.6 Å². The lowest BCUT2D eigenvalue weighted by molar-refractivity contribution is -0.172. The molecule has 4 heteroatoms. The number of unbranched alkanes of at least 4 members (excludes halogenated alkanes) is 7. The molecule has 4 nitrogen and oxygen atoms in total. The number of allylic oxidation sites excluding steroid dienone is 2. The maximum Gasteiger partial charge on any atom is 0.352 e. The van der Waals surface area contributed by atoms with Crippen LogP contribution in [0, 0.1) is 0 Å². The second kappa shape index (κ2) is 11.5. The Hall–Kier alpha value is -2.36. The van der Waals surface area contributed by atoms with Gasteiger partial charge in [0.25, 0.3) is 0 Å². The Labute approximate surface area is 168 Å². The second-order valence-electron chi connectivity index (χ2n) is 7.46. The molecule has 0 fully saturated rings. The summed E-state index contributed by atoms with van der Waals surface area (Å²) < 4.78 is 5.41. The standard InChI is InChI=1S/C24H32O4/c1-2-3-4-5-6-7-8-12-15-22(25)28-24(23(26)27)18-16-21(17-19-24)20-13-10-9-11-14-20/h9-11,13-14,16-18H,2-8,12,15,19H2,1H3,(H,26,27). The van der Waals surface area contributed by atoms with E-state index in [1.54, 1.807) is 6.08 Å². The predicted octanol–water partition coefficient (Wildman–Crippen LogP) is 5.93. The molecule has 1 aromatic rings. The maximum absolute atomic E-state index is 12.2. The molecule has 0 aliphatic heterocycles. The van der Waals surface area contributed by atoms with Crippen molar-refractivity contribution in [1.82, 2.24) is 0 Å². The van der Waals surface area contributed by atoms with Crippen molar-refractivity contribution in [2.24, 2.45) is 0 Å². The molecule has 1 aromatic carbocycles. The lowest BCUT2D eigenvalue weighted by Gasteiger charge is -2.28. The van der Waals surface area contributed by atoms with Crippen LogP contribution in [-0.4, -0.2) is 22.6 Å². The fourth-order valence-corrected chi connectivity index (χ4v) is 3.40. The average Bonchev–Trinajstić information content (AvgIpc) is 2.71. The molecule has 1 aliphatic carbocycles. The van der Waals surface area contributed by atoms with Gasteiger partial charge in [0.2, 0.25) is 5.60 Å². The van der Waals surface area contributed by atoms with Gasteiger partial charge in [0, 0.05) is 12.8 Å². The molecule has 28 heavy (non-hydrogen) atoms. The first-order valence-electron chi connectivity index (χ1n) is 10.5. The minimum atomic E-state index is -1.59. The van der Waals surface area contributed by atoms with E-state index in [0.717, 1.165) is 30.4 Å². The van der Waals surface area contributed by atoms with Gasteiger partial charge in [0.05, 0.1) is 0 Å². The smallest absolute Gasteiger partial charge is 0.352 e. The first-order valence-corrected chi connectivity index (χ1v) is 10.5. The normalized spacial score (nSPS) is 18.5. The number of esters is 1. The van der Waals surface area contributed by atoms with Gasteiger partial charge in [-0.2, -0.15) is 0 Å². The van der Waals surface area contributed by atoms with Gasteiger partial charge in [-0.3, -0.25) is 4.79 Å². The van der Waals surface area contributed by atoms with Gasteiger partial charge in [-0.25, -0.2) is 4.79 Å². The van der Waals surface area contributed by atoms with Crippen LogP contribution in [-0.2, 0) is 14.3 Å². The summed E-state index contributed by atoms with van der Waals surface area (Å²) in [4.78, 5) is 24.0. The molecule has 0 radical (unpaired) electrons. The number of rotatable bonds is 12. The molecule has 1 N–H and O–H groups in total. The highest BCUT2D eigenvalue weighted by molar-refractivity contribution is 5.88. The van der Waals surface area contributed by atoms with E-state index in [2.05, 4.69) is 6.92 Å². The molecule has 2 rings (SSSR count). The van der Waals surface area contributed by atoms with Gasteiger partial charge >= 0.3 is 11.9 Å². The highest BCUT2D eigenvalue weighted by atomic mass is 16.6. The highest BCUT2D eigenvalue weighted by Crippen LogP contribution is 2.30. The van der Waals surface area contributed by atoms with Crippen LogP contribution in [0.5, 0.6) is 0 Å². The van der Waals surface area contributed by atoms with Crippen LogP contribution in [0.4, 0.5) is 0 Å². The number of carboxylic acid groups (broad SMARTS) is 1. The van der Waals surface area contributed by atoms with E-state index in [9.17, 15) is 14.7 Å². The van der Waals surface area contributed by atoms with Crippen molar-refractivity contribution in [3.63, 3.8) is 0 Å². The van der Waals surface area contributed by atoms with Crippen LogP contribution >= 0.6 is 0 Å². The largest absolute Gasteiger partial charge is 0.478 e. The maximum atomic E-state index is 12.2. The van der Waals surface area contributed by atoms with Crippen molar-refractivity contribution in [2.45, 2.75) is 76.7 Å². The molecule has 0 saturated carbocycles. The van der Waals surface area contributed by atoms with E-state index in [0.29, 0.717) is 0 Å². The van der Waals surface area contributed by atoms with Gasteiger partial charge in [0.15, 0.2) is 0 Å². The van der Waals surface area contributed by atoms with Crippen molar-refractivity contribution in [3.05, 3.63) is 54.1 Å². The third kappa shape index (κ3) is 6.66. The number of ether oxygens (including phenoxy) is 1. The van der Waals surface area contributed by atoms with Gasteiger partial charge in [0.1, 0.15) is 0 Å². The van der Waals surface area contributed by atoms with Crippen LogP contribution in [0.1, 0.15) is 76.7 Å². The Morgan fingerprint density at radius 1 is 1.00 bits per heavy atom. The molecule has 0 amide bonds. The SMILES string of the molecule is CCCCCCCCCCC(=O)OC1(C(=O)O)C=CC(c2ccccc2)=CC1. The van der Waals surface area contributed by atoms with Crippen molar-refractivity contribution in [2.75, 3.05) is 0 Å². The van der Waals surface area contributed by atoms with Gasteiger partial charge < -0.3 is 9.84 Å². The van der Waals surface area contributed by atoms with Gasteiger partial charge in [-0.1, -0.05) is 94.4 Å². The van der Waals surface area contributed by atoms with E-state index in [-0.39, 0.29) is 12.8 Å². The summed E-state index contributed by atoms with van der Waals surface area (Å²) in [7, 11) is 0. The summed E-state index contributed by atoms with van der Waals surface area (Å²) in [5, 5.41) is 9.65. The molecule has 1 unspecified atom stereocenters. The Morgan fingerprint density at radius 3 is 2.21 bits per heavy atom. The average molecular weight is 385 g/mol. The molecule has 0 aromatic heterocycles. The van der Waals surface area contributed by atoms with Crippen molar-refractivity contribution in [1.29, 1.82) is 0 Å². The second-order valence-corrected chi connectivity index (χ2v) is 7.46. The lowest BCUT2D eigenvalue weighted by atomic mass is 9.89. The summed E-state index contributed by atoms with van der Waals surface area (Å²) >= 11 is 0. The number of benzene rings is 1. The molecule has 1 atom stereocenters. The molecule has 0 saturated heterocycles. The van der Waals surface area contributed by atoms with Gasteiger partial charge in [-0.15, -0.1) is 0 Å². The first kappa shape index (κ1) is 21.9. The quantitative estimate of drug-likeness (QED) is 0.358. The highest BCUT2D eigenvalue weighted by Gasteiger charge is 2.40. The van der Waals surface area contributed by atoms with Crippen LogP contribution in [0.3, 0.4) is 0 Å². The van der Waals surface area contributed by atoms with Crippen molar-refractivity contribution >= 4 is 17.5 Å². The number of hydrogen-bond donors (Lipinski definition) is 1. The summed E-state index contributed by atoms with van der Waals surface area (Å²) in [5.41, 5.74) is 0.370. The van der Waals surface area contributed by atoms with E-state index < -0.39 is 17.5 Å². The minimum absolute atomic E-state index is 0.145. The van der Waals surface area contributed by atoms with Crippen molar-refractivity contribution < 1.29 is 19.4 Å². The lowest BCUT2D eigenvalue weighted by Crippen LogP contribution is -2.42. The molecule has 0 heterocycles. The number of carboxylic acids is 1.